The first kappa shape index (κ1) is 17.9. The van der Waals surface area contributed by atoms with Gasteiger partial charge in [-0.25, -0.2) is 0 Å². The maximum atomic E-state index is 8.92. The van der Waals surface area contributed by atoms with Crippen molar-refractivity contribution < 1.29 is 9.90 Å². The molecule has 0 amide bonds. The van der Waals surface area contributed by atoms with E-state index in [0.29, 0.717) is 22.4 Å². The first-order valence-electron chi connectivity index (χ1n) is 7.85. The lowest BCUT2D eigenvalue weighted by atomic mass is 10.0. The summed E-state index contributed by atoms with van der Waals surface area (Å²) in [6, 6.07) is 4.22. The predicted molar refractivity (Wildman–Crippen MR) is 99.1 cm³/mol. The van der Waals surface area contributed by atoms with Crippen molar-refractivity contribution in [2.45, 2.75) is 19.0 Å². The molecule has 3 aromatic rings. The number of aromatic nitrogens is 3. The van der Waals surface area contributed by atoms with Gasteiger partial charge in [-0.3, -0.25) is 5.10 Å². The van der Waals surface area contributed by atoms with Crippen molar-refractivity contribution in [3.8, 4) is 11.1 Å². The molecule has 0 bridgehead atoms. The third-order valence-electron chi connectivity index (χ3n) is 4.34. The molecule has 8 heteroatoms. The average molecular weight is 381 g/mol. The third kappa shape index (κ3) is 3.06. The van der Waals surface area contributed by atoms with Crippen LogP contribution >= 0.6 is 23.2 Å². The van der Waals surface area contributed by atoms with Crippen LogP contribution in [0.3, 0.4) is 0 Å². The number of rotatable bonds is 3. The maximum Gasteiger partial charge on any atom is 0.145 e. The Hall–Kier alpha value is -1.86. The van der Waals surface area contributed by atoms with E-state index in [-0.39, 0.29) is 6.61 Å². The Bertz CT molecular complexity index is 890. The Morgan fingerprint density at radius 2 is 2.24 bits per heavy atom. The number of fused-ring (bicyclic) bond motifs is 3. The highest BCUT2D eigenvalue weighted by Gasteiger charge is 2.30. The van der Waals surface area contributed by atoms with Gasteiger partial charge >= 0.3 is 0 Å². The SMILES string of the molecule is CNC1CCn2c1c(-c1cn[nH]c1)c1ccc(Cl)c(Cl)c12.O=CCO. The van der Waals surface area contributed by atoms with Gasteiger partial charge in [0.15, 0.2) is 0 Å². The van der Waals surface area contributed by atoms with Crippen LogP contribution in [0.5, 0.6) is 0 Å². The van der Waals surface area contributed by atoms with Gasteiger partial charge in [0.1, 0.15) is 6.29 Å². The number of hydrogen-bond donors (Lipinski definition) is 3. The number of carbonyl (C=O) groups is 1. The average Bonchev–Trinajstić information content (AvgIpc) is 3.34. The van der Waals surface area contributed by atoms with Crippen molar-refractivity contribution in [3.63, 3.8) is 0 Å². The van der Waals surface area contributed by atoms with Crippen molar-refractivity contribution >= 4 is 40.4 Å². The van der Waals surface area contributed by atoms with Crippen molar-refractivity contribution in [2.24, 2.45) is 0 Å². The van der Waals surface area contributed by atoms with Crippen molar-refractivity contribution in [2.75, 3.05) is 13.7 Å². The number of nitrogens with one attached hydrogen (secondary N) is 2. The summed E-state index contributed by atoms with van der Waals surface area (Å²) in [6.45, 7) is 0.579. The van der Waals surface area contributed by atoms with E-state index in [1.54, 1.807) is 0 Å². The third-order valence-corrected chi connectivity index (χ3v) is 5.13. The van der Waals surface area contributed by atoms with E-state index in [4.69, 9.17) is 33.1 Å². The summed E-state index contributed by atoms with van der Waals surface area (Å²) in [5.74, 6) is 0. The van der Waals surface area contributed by atoms with E-state index in [0.717, 1.165) is 29.4 Å². The molecule has 2 aromatic heterocycles. The number of nitrogens with zero attached hydrogens (tertiary/aromatic N) is 2. The lowest BCUT2D eigenvalue weighted by molar-refractivity contribution is -0.110. The summed E-state index contributed by atoms with van der Waals surface area (Å²) in [6.07, 6.45) is 5.25. The van der Waals surface area contributed by atoms with Crippen molar-refractivity contribution in [3.05, 3.63) is 40.3 Å². The Kier molecular flexibility index (Phi) is 5.44. The van der Waals surface area contributed by atoms with Crippen LogP contribution in [-0.4, -0.2) is 39.8 Å². The molecule has 25 heavy (non-hydrogen) atoms. The second kappa shape index (κ2) is 7.58. The smallest absolute Gasteiger partial charge is 0.145 e. The number of aromatic amines is 1. The summed E-state index contributed by atoms with van der Waals surface area (Å²) in [5.41, 5.74) is 4.55. The lowest BCUT2D eigenvalue weighted by Crippen LogP contribution is -2.13. The van der Waals surface area contributed by atoms with Crippen LogP contribution in [0.1, 0.15) is 18.2 Å². The molecule has 0 fully saturated rings. The second-order valence-electron chi connectivity index (χ2n) is 5.64. The van der Waals surface area contributed by atoms with Gasteiger partial charge in [0.25, 0.3) is 0 Å². The van der Waals surface area contributed by atoms with Crippen LogP contribution in [0, 0.1) is 0 Å². The molecule has 0 saturated heterocycles. The van der Waals surface area contributed by atoms with Gasteiger partial charge in [-0.2, -0.15) is 5.10 Å². The molecule has 0 saturated carbocycles. The van der Waals surface area contributed by atoms with Crippen LogP contribution in [0.4, 0.5) is 0 Å². The second-order valence-corrected chi connectivity index (χ2v) is 6.42. The first-order chi connectivity index (χ1) is 12.1. The first-order valence-corrected chi connectivity index (χ1v) is 8.60. The molecule has 3 heterocycles. The van der Waals surface area contributed by atoms with Gasteiger partial charge in [0, 0.05) is 41.0 Å². The fourth-order valence-electron chi connectivity index (χ4n) is 3.36. The molecule has 1 aliphatic heterocycles. The molecule has 0 radical (unpaired) electrons. The molecular weight excluding hydrogens is 363 g/mol. The molecule has 1 aromatic carbocycles. The quantitative estimate of drug-likeness (QED) is 0.609. The molecule has 0 aliphatic carbocycles. The van der Waals surface area contributed by atoms with Crippen LogP contribution in [0.25, 0.3) is 22.0 Å². The van der Waals surface area contributed by atoms with Crippen molar-refractivity contribution in [1.29, 1.82) is 0 Å². The highest BCUT2D eigenvalue weighted by atomic mass is 35.5. The van der Waals surface area contributed by atoms with E-state index < -0.39 is 0 Å². The molecule has 132 valence electrons. The zero-order valence-electron chi connectivity index (χ0n) is 13.6. The van der Waals surface area contributed by atoms with Gasteiger partial charge in [-0.05, 0) is 19.5 Å². The molecule has 1 unspecified atom stereocenters. The molecule has 0 spiro atoms. The Balaban J connectivity index is 0.000000415. The number of H-pyrrole nitrogens is 1. The Morgan fingerprint density at radius 3 is 2.84 bits per heavy atom. The minimum atomic E-state index is -0.361. The Morgan fingerprint density at radius 1 is 1.48 bits per heavy atom. The summed E-state index contributed by atoms with van der Waals surface area (Å²) in [5, 5.41) is 20.2. The normalized spacial score (nSPS) is 15.8. The molecule has 1 aliphatic rings. The summed E-state index contributed by atoms with van der Waals surface area (Å²) in [4.78, 5) is 8.92. The van der Waals surface area contributed by atoms with Gasteiger partial charge < -0.3 is 19.8 Å². The Labute approximate surface area is 154 Å². The fraction of sp³-hybridized carbons (Fsp3) is 0.294. The van der Waals surface area contributed by atoms with Gasteiger partial charge in [0.05, 0.1) is 28.4 Å². The molecule has 4 rings (SSSR count). The summed E-state index contributed by atoms with van der Waals surface area (Å²) in [7, 11) is 1.99. The topological polar surface area (TPSA) is 82.9 Å². The summed E-state index contributed by atoms with van der Waals surface area (Å²) < 4.78 is 2.28. The van der Waals surface area contributed by atoms with E-state index in [1.807, 2.05) is 31.6 Å². The largest absolute Gasteiger partial charge is 0.389 e. The monoisotopic (exact) mass is 380 g/mol. The number of aldehydes is 1. The van der Waals surface area contributed by atoms with Crippen LogP contribution in [0.15, 0.2) is 24.5 Å². The van der Waals surface area contributed by atoms with Gasteiger partial charge in [-0.1, -0.05) is 29.3 Å². The van der Waals surface area contributed by atoms with Gasteiger partial charge in [-0.15, -0.1) is 0 Å². The van der Waals surface area contributed by atoms with E-state index >= 15 is 0 Å². The molecule has 1 atom stereocenters. The fourth-order valence-corrected chi connectivity index (χ4v) is 3.78. The highest BCUT2D eigenvalue weighted by molar-refractivity contribution is 6.45. The number of aliphatic hydroxyl groups is 1. The molecule has 3 N–H and O–H groups in total. The van der Waals surface area contributed by atoms with E-state index in [1.165, 1.54) is 11.3 Å². The zero-order chi connectivity index (χ0) is 18.0. The summed E-state index contributed by atoms with van der Waals surface area (Å²) >= 11 is 12.7. The number of aryl methyl sites for hydroxylation is 1. The number of carbonyl (C=O) groups excluding carboxylic acids is 1. The standard InChI is InChI=1S/C15H14Cl2N4.C2H4O2/c1-18-11-4-5-21-14-9(2-3-10(16)13(14)17)12(15(11)21)8-6-19-20-7-8;3-1-2-4/h2-3,6-7,11,18H,4-5H2,1H3,(H,19,20);1,4H,2H2. The number of halogens is 2. The number of hydrogen-bond acceptors (Lipinski definition) is 4. The van der Waals surface area contributed by atoms with E-state index in [2.05, 4.69) is 20.1 Å². The lowest BCUT2D eigenvalue weighted by Gasteiger charge is -2.10. The highest BCUT2D eigenvalue weighted by Crippen LogP contribution is 2.45. The minimum absolute atomic E-state index is 0.317. The number of benzene rings is 1. The molecule has 6 nitrogen and oxygen atoms in total. The van der Waals surface area contributed by atoms with Crippen LogP contribution in [-0.2, 0) is 11.3 Å². The zero-order valence-corrected chi connectivity index (χ0v) is 15.1. The minimum Gasteiger partial charge on any atom is -0.389 e. The van der Waals surface area contributed by atoms with Gasteiger partial charge in [0.2, 0.25) is 0 Å². The van der Waals surface area contributed by atoms with E-state index in [9.17, 15) is 0 Å². The maximum absolute atomic E-state index is 8.92. The van der Waals surface area contributed by atoms with Crippen molar-refractivity contribution in [1.82, 2.24) is 20.1 Å². The number of aliphatic hydroxyl groups excluding tert-OH is 1. The molecular formula is C17H18Cl2N4O2. The van der Waals surface area contributed by atoms with Crippen LogP contribution < -0.4 is 5.32 Å². The predicted octanol–water partition coefficient (Wildman–Crippen LogP) is 3.18. The van der Waals surface area contributed by atoms with Crippen LogP contribution in [0.2, 0.25) is 10.0 Å².